The molecule has 0 aliphatic heterocycles. The Balaban J connectivity index is 1.70. The summed E-state index contributed by atoms with van der Waals surface area (Å²) in [7, 11) is -3.76. The van der Waals surface area contributed by atoms with Crippen molar-refractivity contribution >= 4 is 21.6 Å². The normalized spacial score (nSPS) is 11.7. The number of para-hydroxylation sites is 1. The Hall–Kier alpha value is -3.50. The van der Waals surface area contributed by atoms with Crippen LogP contribution < -0.4 is 20.3 Å². The summed E-state index contributed by atoms with van der Waals surface area (Å²) >= 11 is 0. The minimum Gasteiger partial charge on any atom is -0.492 e. The lowest BCUT2D eigenvalue weighted by molar-refractivity contribution is 0.101. The molecular formula is C23H26N4O5S. The van der Waals surface area contributed by atoms with Crippen molar-refractivity contribution in [2.45, 2.75) is 37.8 Å². The first-order valence-corrected chi connectivity index (χ1v) is 11.7. The lowest BCUT2D eigenvalue weighted by atomic mass is 10.1. The zero-order valence-corrected chi connectivity index (χ0v) is 19.4. The Morgan fingerprint density at radius 1 is 1.03 bits per heavy atom. The molecule has 2 aromatic carbocycles. The summed E-state index contributed by atoms with van der Waals surface area (Å²) in [5, 5.41) is 6.72. The molecule has 0 radical (unpaired) electrons. The molecule has 0 atom stereocenters. The van der Waals surface area contributed by atoms with Gasteiger partial charge < -0.3 is 10.1 Å². The summed E-state index contributed by atoms with van der Waals surface area (Å²) in [4.78, 5) is 24.8. The van der Waals surface area contributed by atoms with Crippen LogP contribution in [0, 0.1) is 0 Å². The topological polar surface area (TPSA) is 119 Å². The number of hydrogen-bond acceptors (Lipinski definition) is 6. The maximum atomic E-state index is 12.7. The SMILES string of the molecule is CC(C)(C)NS(=O)(=O)c1cccc(NC(=O)c2ccc(=O)n(CCOc3ccccc3)n2)c1. The minimum absolute atomic E-state index is 0.00962. The molecule has 0 aliphatic rings. The van der Waals surface area contributed by atoms with Crippen molar-refractivity contribution in [1.29, 1.82) is 0 Å². The van der Waals surface area contributed by atoms with Crippen molar-refractivity contribution in [2.24, 2.45) is 0 Å². The van der Waals surface area contributed by atoms with Crippen LogP contribution in [0.15, 0.2) is 76.4 Å². The van der Waals surface area contributed by atoms with Gasteiger partial charge in [-0.1, -0.05) is 24.3 Å². The third-order valence-corrected chi connectivity index (χ3v) is 6.01. The molecular weight excluding hydrogens is 444 g/mol. The lowest BCUT2D eigenvalue weighted by Crippen LogP contribution is -2.40. The van der Waals surface area contributed by atoms with Gasteiger partial charge in [-0.2, -0.15) is 5.10 Å². The van der Waals surface area contributed by atoms with E-state index in [0.717, 1.165) is 4.68 Å². The largest absolute Gasteiger partial charge is 0.492 e. The number of carbonyl (C=O) groups excluding carboxylic acids is 1. The lowest BCUT2D eigenvalue weighted by Gasteiger charge is -2.20. The van der Waals surface area contributed by atoms with Crippen LogP contribution in [-0.2, 0) is 16.6 Å². The zero-order chi connectivity index (χ0) is 24.1. The highest BCUT2D eigenvalue weighted by atomic mass is 32.2. The highest BCUT2D eigenvalue weighted by molar-refractivity contribution is 7.89. The molecule has 1 heterocycles. The number of aromatic nitrogens is 2. The molecule has 174 valence electrons. The van der Waals surface area contributed by atoms with Gasteiger partial charge >= 0.3 is 0 Å². The van der Waals surface area contributed by atoms with Gasteiger partial charge in [-0.05, 0) is 57.2 Å². The van der Waals surface area contributed by atoms with E-state index in [4.69, 9.17) is 4.74 Å². The molecule has 0 saturated heterocycles. The van der Waals surface area contributed by atoms with Crippen molar-refractivity contribution in [3.05, 3.63) is 82.8 Å². The first kappa shape index (κ1) is 24.1. The number of ether oxygens (including phenoxy) is 1. The van der Waals surface area contributed by atoms with Crippen molar-refractivity contribution in [1.82, 2.24) is 14.5 Å². The van der Waals surface area contributed by atoms with Gasteiger partial charge in [0.15, 0.2) is 0 Å². The first-order chi connectivity index (χ1) is 15.5. The number of benzene rings is 2. The maximum absolute atomic E-state index is 12.7. The number of anilines is 1. The van der Waals surface area contributed by atoms with Gasteiger partial charge in [-0.3, -0.25) is 9.59 Å². The number of nitrogens with one attached hydrogen (secondary N) is 2. The molecule has 10 heteroatoms. The average molecular weight is 471 g/mol. The Kier molecular flexibility index (Phi) is 7.29. The first-order valence-electron chi connectivity index (χ1n) is 10.2. The molecule has 1 aromatic heterocycles. The van der Waals surface area contributed by atoms with Crippen molar-refractivity contribution in [2.75, 3.05) is 11.9 Å². The second kappa shape index (κ2) is 9.97. The van der Waals surface area contributed by atoms with Crippen molar-refractivity contribution < 1.29 is 17.9 Å². The molecule has 3 aromatic rings. The Labute approximate surface area is 192 Å². The number of sulfonamides is 1. The Morgan fingerprint density at radius 2 is 1.76 bits per heavy atom. The molecule has 9 nitrogen and oxygen atoms in total. The number of hydrogen-bond donors (Lipinski definition) is 2. The molecule has 0 bridgehead atoms. The van der Waals surface area contributed by atoms with Crippen LogP contribution in [0.2, 0.25) is 0 Å². The standard InChI is InChI=1S/C23H26N4O5S/c1-23(2,3)26-33(30,31)19-11-7-8-17(16-19)24-22(29)20-12-13-21(28)27(25-20)14-15-32-18-9-5-4-6-10-18/h4-13,16,26H,14-15H2,1-3H3,(H,24,29). The molecule has 0 aliphatic carbocycles. The number of amides is 1. The second-order valence-electron chi connectivity index (χ2n) is 8.28. The highest BCUT2D eigenvalue weighted by Crippen LogP contribution is 2.18. The van der Waals surface area contributed by atoms with Gasteiger partial charge in [-0.25, -0.2) is 17.8 Å². The molecule has 0 fully saturated rings. The third kappa shape index (κ3) is 6.99. The van der Waals surface area contributed by atoms with E-state index in [0.29, 0.717) is 5.75 Å². The smallest absolute Gasteiger partial charge is 0.276 e. The third-order valence-electron chi connectivity index (χ3n) is 4.26. The van der Waals surface area contributed by atoms with Crippen LogP contribution in [0.1, 0.15) is 31.3 Å². The van der Waals surface area contributed by atoms with Gasteiger partial charge in [0, 0.05) is 17.3 Å². The summed E-state index contributed by atoms with van der Waals surface area (Å²) < 4.78 is 34.4. The van der Waals surface area contributed by atoms with Gasteiger partial charge in [0.2, 0.25) is 10.0 Å². The van der Waals surface area contributed by atoms with E-state index in [2.05, 4.69) is 15.1 Å². The molecule has 3 rings (SSSR count). The second-order valence-corrected chi connectivity index (χ2v) is 9.96. The van der Waals surface area contributed by atoms with E-state index in [1.165, 1.54) is 30.3 Å². The molecule has 33 heavy (non-hydrogen) atoms. The monoisotopic (exact) mass is 470 g/mol. The number of nitrogens with zero attached hydrogens (tertiary/aromatic N) is 2. The molecule has 2 N–H and O–H groups in total. The molecule has 1 amide bonds. The van der Waals surface area contributed by atoms with Crippen molar-refractivity contribution in [3.63, 3.8) is 0 Å². The van der Waals surface area contributed by atoms with Crippen LogP contribution in [0.25, 0.3) is 0 Å². The number of carbonyl (C=O) groups is 1. The fourth-order valence-electron chi connectivity index (χ4n) is 2.90. The van der Waals surface area contributed by atoms with Crippen LogP contribution in [-0.4, -0.2) is 36.3 Å². The van der Waals surface area contributed by atoms with Crippen LogP contribution >= 0.6 is 0 Å². The summed E-state index contributed by atoms with van der Waals surface area (Å²) in [5.41, 5.74) is -0.733. The summed E-state index contributed by atoms with van der Waals surface area (Å²) in [6.07, 6.45) is 0. The summed E-state index contributed by atoms with van der Waals surface area (Å²) in [5.74, 6) is 0.0845. The highest BCUT2D eigenvalue weighted by Gasteiger charge is 2.22. The Morgan fingerprint density at radius 3 is 2.45 bits per heavy atom. The fraction of sp³-hybridized carbons (Fsp3) is 0.261. The van der Waals surface area contributed by atoms with Crippen LogP contribution in [0.4, 0.5) is 5.69 Å². The predicted octanol–water partition coefficient (Wildman–Crippen LogP) is 2.65. The van der Waals surface area contributed by atoms with E-state index in [-0.39, 0.29) is 35.0 Å². The Bertz CT molecular complexity index is 1280. The van der Waals surface area contributed by atoms with E-state index in [9.17, 15) is 18.0 Å². The van der Waals surface area contributed by atoms with E-state index < -0.39 is 21.5 Å². The summed E-state index contributed by atoms with van der Waals surface area (Å²) in [6, 6.07) is 17.6. The van der Waals surface area contributed by atoms with Gasteiger partial charge in [0.1, 0.15) is 18.1 Å². The van der Waals surface area contributed by atoms with E-state index in [1.807, 2.05) is 18.2 Å². The molecule has 0 saturated carbocycles. The fourth-order valence-corrected chi connectivity index (χ4v) is 4.36. The van der Waals surface area contributed by atoms with Crippen molar-refractivity contribution in [3.8, 4) is 5.75 Å². The van der Waals surface area contributed by atoms with Gasteiger partial charge in [0.25, 0.3) is 11.5 Å². The zero-order valence-electron chi connectivity index (χ0n) is 18.6. The summed E-state index contributed by atoms with van der Waals surface area (Å²) in [6.45, 7) is 5.56. The van der Waals surface area contributed by atoms with Gasteiger partial charge in [-0.15, -0.1) is 0 Å². The molecule has 0 spiro atoms. The molecule has 0 unspecified atom stereocenters. The van der Waals surface area contributed by atoms with E-state index >= 15 is 0 Å². The van der Waals surface area contributed by atoms with Crippen LogP contribution in [0.3, 0.4) is 0 Å². The predicted molar refractivity (Wildman–Crippen MR) is 125 cm³/mol. The average Bonchev–Trinajstić information content (AvgIpc) is 2.74. The van der Waals surface area contributed by atoms with Crippen LogP contribution in [0.5, 0.6) is 5.75 Å². The minimum atomic E-state index is -3.76. The number of rotatable bonds is 8. The maximum Gasteiger partial charge on any atom is 0.276 e. The van der Waals surface area contributed by atoms with E-state index in [1.54, 1.807) is 39.0 Å². The van der Waals surface area contributed by atoms with Gasteiger partial charge in [0.05, 0.1) is 11.4 Å². The quantitative estimate of drug-likeness (QED) is 0.522.